The van der Waals surface area contributed by atoms with Gasteiger partial charge in [0.25, 0.3) is 0 Å². The Labute approximate surface area is 148 Å². The highest BCUT2D eigenvalue weighted by Crippen LogP contribution is 2.33. The molecule has 7 heteroatoms. The number of rotatable bonds is 6. The monoisotopic (exact) mass is 392 g/mol. The van der Waals surface area contributed by atoms with Crippen LogP contribution in [0.5, 0.6) is 11.5 Å². The van der Waals surface area contributed by atoms with Gasteiger partial charge in [0.2, 0.25) is 11.8 Å². The predicted molar refractivity (Wildman–Crippen MR) is 94.5 cm³/mol. The van der Waals surface area contributed by atoms with Gasteiger partial charge in [-0.2, -0.15) is 0 Å². The van der Waals surface area contributed by atoms with Crippen LogP contribution in [0.1, 0.15) is 15.9 Å². The fourth-order valence-corrected chi connectivity index (χ4v) is 2.62. The lowest BCUT2D eigenvalue weighted by Gasteiger charge is -2.12. The normalized spacial score (nSPS) is 10.1. The van der Waals surface area contributed by atoms with E-state index in [9.17, 15) is 9.59 Å². The molecule has 0 aliphatic heterocycles. The van der Waals surface area contributed by atoms with Crippen LogP contribution in [-0.2, 0) is 11.2 Å². The largest absolute Gasteiger partial charge is 0.493 e. The third-order valence-electron chi connectivity index (χ3n) is 3.33. The third-order valence-corrected chi connectivity index (χ3v) is 4.07. The molecular weight excluding hydrogens is 376 g/mol. The molecule has 0 atom stereocenters. The number of hydrogen-bond donors (Lipinski definition) is 2. The molecule has 0 radical (unpaired) electrons. The van der Waals surface area contributed by atoms with Crippen molar-refractivity contribution < 1.29 is 19.1 Å². The van der Waals surface area contributed by atoms with Gasteiger partial charge in [-0.3, -0.25) is 9.59 Å². The minimum atomic E-state index is -0.547. The molecule has 0 heterocycles. The smallest absolute Gasteiger partial charge is 0.248 e. The molecule has 3 N–H and O–H groups in total. The Balaban J connectivity index is 2.15. The van der Waals surface area contributed by atoms with Gasteiger partial charge in [-0.25, -0.2) is 0 Å². The molecule has 0 saturated carbocycles. The number of anilines is 1. The molecule has 0 bridgehead atoms. The number of benzene rings is 2. The van der Waals surface area contributed by atoms with Gasteiger partial charge in [-0.1, -0.05) is 22.0 Å². The third kappa shape index (κ3) is 4.26. The Morgan fingerprint density at radius 2 is 1.79 bits per heavy atom. The molecule has 0 spiro atoms. The van der Waals surface area contributed by atoms with Crippen LogP contribution in [0.2, 0.25) is 0 Å². The van der Waals surface area contributed by atoms with Crippen LogP contribution in [0.15, 0.2) is 40.9 Å². The highest BCUT2D eigenvalue weighted by Gasteiger charge is 2.13. The summed E-state index contributed by atoms with van der Waals surface area (Å²) < 4.78 is 11.2. The van der Waals surface area contributed by atoms with Gasteiger partial charge >= 0.3 is 0 Å². The van der Waals surface area contributed by atoms with Crippen molar-refractivity contribution in [3.05, 3.63) is 52.0 Å². The van der Waals surface area contributed by atoms with E-state index < -0.39 is 5.91 Å². The quantitative estimate of drug-likeness (QED) is 0.790. The fourth-order valence-electron chi connectivity index (χ4n) is 2.16. The van der Waals surface area contributed by atoms with E-state index in [0.29, 0.717) is 22.7 Å². The molecule has 0 aromatic heterocycles. The Bertz CT molecular complexity index is 777. The molecule has 0 unspecified atom stereocenters. The first kappa shape index (κ1) is 17.8. The summed E-state index contributed by atoms with van der Waals surface area (Å²) in [6, 6.07) is 9.94. The first-order valence-electron chi connectivity index (χ1n) is 7.04. The maximum Gasteiger partial charge on any atom is 0.248 e. The average Bonchev–Trinajstić information content (AvgIpc) is 2.56. The van der Waals surface area contributed by atoms with Gasteiger partial charge in [-0.05, 0) is 35.9 Å². The van der Waals surface area contributed by atoms with Crippen molar-refractivity contribution >= 4 is 33.4 Å². The zero-order valence-corrected chi connectivity index (χ0v) is 14.8. The lowest BCUT2D eigenvalue weighted by Crippen LogP contribution is -2.16. The topological polar surface area (TPSA) is 90.6 Å². The first-order chi connectivity index (χ1) is 11.4. The van der Waals surface area contributed by atoms with E-state index in [1.807, 2.05) is 0 Å². The van der Waals surface area contributed by atoms with Crippen molar-refractivity contribution in [3.63, 3.8) is 0 Å². The standard InChI is InChI=1S/C17H17BrN2O4/c1-23-14-7-11(13(18)9-15(14)24-2)8-16(21)20-12-5-3-4-10(6-12)17(19)22/h3-7,9H,8H2,1-2H3,(H2,19,22)(H,20,21). The number of nitrogens with two attached hydrogens (primary N) is 1. The van der Waals surface area contributed by atoms with Crippen LogP contribution in [0.4, 0.5) is 5.69 Å². The van der Waals surface area contributed by atoms with Crippen LogP contribution >= 0.6 is 15.9 Å². The van der Waals surface area contributed by atoms with Crippen LogP contribution in [0, 0.1) is 0 Å². The van der Waals surface area contributed by atoms with E-state index in [4.69, 9.17) is 15.2 Å². The Kier molecular flexibility index (Phi) is 5.81. The molecular formula is C17H17BrN2O4. The Morgan fingerprint density at radius 3 is 2.42 bits per heavy atom. The summed E-state index contributed by atoms with van der Waals surface area (Å²) in [7, 11) is 3.08. The molecule has 0 saturated heterocycles. The lowest BCUT2D eigenvalue weighted by molar-refractivity contribution is -0.115. The van der Waals surface area contributed by atoms with Crippen molar-refractivity contribution in [2.45, 2.75) is 6.42 Å². The number of amides is 2. The minimum Gasteiger partial charge on any atom is -0.493 e. The number of hydrogen-bond acceptors (Lipinski definition) is 4. The summed E-state index contributed by atoms with van der Waals surface area (Å²) in [6.07, 6.45) is 0.127. The number of nitrogens with one attached hydrogen (secondary N) is 1. The van der Waals surface area contributed by atoms with Gasteiger partial charge in [0.1, 0.15) is 0 Å². The van der Waals surface area contributed by atoms with Gasteiger partial charge in [-0.15, -0.1) is 0 Å². The van der Waals surface area contributed by atoms with Gasteiger partial charge in [0.15, 0.2) is 11.5 Å². The van der Waals surface area contributed by atoms with Crippen LogP contribution < -0.4 is 20.5 Å². The molecule has 0 aliphatic carbocycles. The number of methoxy groups -OCH3 is 2. The van der Waals surface area contributed by atoms with E-state index in [-0.39, 0.29) is 12.3 Å². The summed E-state index contributed by atoms with van der Waals surface area (Å²) in [5.74, 6) is 0.334. The average molecular weight is 393 g/mol. The summed E-state index contributed by atoms with van der Waals surface area (Å²) in [5.41, 5.74) is 6.82. The molecule has 0 aliphatic rings. The van der Waals surface area contributed by atoms with Crippen LogP contribution in [0.3, 0.4) is 0 Å². The number of ether oxygens (including phenoxy) is 2. The van der Waals surface area contributed by atoms with E-state index in [1.54, 1.807) is 37.4 Å². The van der Waals surface area contributed by atoms with Crippen molar-refractivity contribution in [3.8, 4) is 11.5 Å². The maximum absolute atomic E-state index is 12.2. The van der Waals surface area contributed by atoms with E-state index in [0.717, 1.165) is 10.0 Å². The first-order valence-corrected chi connectivity index (χ1v) is 7.84. The second-order valence-corrected chi connectivity index (χ2v) is 5.82. The van der Waals surface area contributed by atoms with Crippen LogP contribution in [0.25, 0.3) is 0 Å². The Morgan fingerprint density at radius 1 is 1.12 bits per heavy atom. The van der Waals surface area contributed by atoms with E-state index in [1.165, 1.54) is 13.2 Å². The maximum atomic E-state index is 12.2. The van der Waals surface area contributed by atoms with Gasteiger partial charge in [0, 0.05) is 15.7 Å². The lowest BCUT2D eigenvalue weighted by atomic mass is 10.1. The molecule has 2 aromatic carbocycles. The van der Waals surface area contributed by atoms with Crippen molar-refractivity contribution in [2.75, 3.05) is 19.5 Å². The SMILES string of the molecule is COc1cc(Br)c(CC(=O)Nc2cccc(C(N)=O)c2)cc1OC. The van der Waals surface area contributed by atoms with E-state index >= 15 is 0 Å². The van der Waals surface area contributed by atoms with Gasteiger partial charge in [0.05, 0.1) is 20.6 Å². The Hall–Kier alpha value is -2.54. The molecule has 24 heavy (non-hydrogen) atoms. The van der Waals surface area contributed by atoms with Crippen molar-refractivity contribution in [1.29, 1.82) is 0 Å². The zero-order valence-electron chi connectivity index (χ0n) is 13.3. The molecule has 6 nitrogen and oxygen atoms in total. The molecule has 2 amide bonds. The summed E-state index contributed by atoms with van der Waals surface area (Å²) >= 11 is 3.42. The predicted octanol–water partition coefficient (Wildman–Crippen LogP) is 2.75. The number of carbonyl (C=O) groups excluding carboxylic acids is 2. The number of primary amides is 1. The summed E-state index contributed by atoms with van der Waals surface area (Å²) in [6.45, 7) is 0. The van der Waals surface area contributed by atoms with E-state index in [2.05, 4.69) is 21.2 Å². The highest BCUT2D eigenvalue weighted by molar-refractivity contribution is 9.10. The zero-order chi connectivity index (χ0) is 17.7. The van der Waals surface area contributed by atoms with Crippen molar-refractivity contribution in [2.24, 2.45) is 5.73 Å². The summed E-state index contributed by atoms with van der Waals surface area (Å²) in [5, 5.41) is 2.74. The number of halogens is 1. The molecule has 2 aromatic rings. The molecule has 0 fully saturated rings. The van der Waals surface area contributed by atoms with Crippen molar-refractivity contribution in [1.82, 2.24) is 0 Å². The summed E-state index contributed by atoms with van der Waals surface area (Å²) in [4.78, 5) is 23.4. The van der Waals surface area contributed by atoms with Gasteiger partial charge < -0.3 is 20.5 Å². The minimum absolute atomic E-state index is 0.127. The second kappa shape index (κ2) is 7.83. The molecule has 126 valence electrons. The molecule has 2 rings (SSSR count). The number of carbonyl (C=O) groups is 2. The van der Waals surface area contributed by atoms with Crippen LogP contribution in [-0.4, -0.2) is 26.0 Å². The fraction of sp³-hybridized carbons (Fsp3) is 0.176. The highest BCUT2D eigenvalue weighted by atomic mass is 79.9. The second-order valence-electron chi connectivity index (χ2n) is 4.97.